The molecule has 1 aliphatic heterocycles. The fourth-order valence-electron chi connectivity index (χ4n) is 4.54. The molecule has 1 heterocycles. The van der Waals surface area contributed by atoms with Crippen LogP contribution in [0.5, 0.6) is 5.75 Å². The number of allylic oxidation sites excluding steroid dienone is 1. The van der Waals surface area contributed by atoms with Gasteiger partial charge in [0.05, 0.1) is 5.56 Å². The number of esters is 1. The fraction of sp³-hybridized carbons (Fsp3) is 0.233. The van der Waals surface area contributed by atoms with Crippen molar-refractivity contribution in [1.82, 2.24) is 0 Å². The van der Waals surface area contributed by atoms with Crippen molar-refractivity contribution in [2.24, 2.45) is 0 Å². The average molecular weight is 553 g/mol. The molecular formula is C30H27F3N2O5. The predicted molar refractivity (Wildman–Crippen MR) is 143 cm³/mol. The van der Waals surface area contributed by atoms with Gasteiger partial charge in [0.25, 0.3) is 5.91 Å². The van der Waals surface area contributed by atoms with E-state index < -0.39 is 48.0 Å². The number of para-hydroxylation sites is 2. The lowest BCUT2D eigenvalue weighted by molar-refractivity contribution is -0.137. The van der Waals surface area contributed by atoms with Crippen molar-refractivity contribution in [3.8, 4) is 5.75 Å². The summed E-state index contributed by atoms with van der Waals surface area (Å²) >= 11 is 0. The van der Waals surface area contributed by atoms with Gasteiger partial charge in [-0.25, -0.2) is 4.79 Å². The molecule has 0 unspecified atom stereocenters. The van der Waals surface area contributed by atoms with Gasteiger partial charge in [0, 0.05) is 35.6 Å². The molecule has 0 aliphatic carbocycles. The van der Waals surface area contributed by atoms with Gasteiger partial charge in [-0.2, -0.15) is 13.2 Å². The van der Waals surface area contributed by atoms with Crippen LogP contribution >= 0.6 is 0 Å². The number of ether oxygens (including phenoxy) is 2. The summed E-state index contributed by atoms with van der Waals surface area (Å²) in [5.41, 5.74) is 1.45. The zero-order valence-electron chi connectivity index (χ0n) is 22.0. The molecule has 0 saturated heterocycles. The van der Waals surface area contributed by atoms with Crippen molar-refractivity contribution in [2.75, 3.05) is 30.5 Å². The van der Waals surface area contributed by atoms with Gasteiger partial charge >= 0.3 is 12.1 Å². The number of benzene rings is 3. The zero-order valence-corrected chi connectivity index (χ0v) is 22.0. The summed E-state index contributed by atoms with van der Waals surface area (Å²) in [6, 6.07) is 18.0. The third-order valence-electron chi connectivity index (χ3n) is 6.52. The monoisotopic (exact) mass is 552 g/mol. The number of ketones is 1. The van der Waals surface area contributed by atoms with Crippen molar-refractivity contribution >= 4 is 29.0 Å². The number of alkyl halides is 3. The normalized spacial score (nSPS) is 14.9. The third-order valence-corrected chi connectivity index (χ3v) is 6.52. The molecule has 1 aliphatic rings. The van der Waals surface area contributed by atoms with E-state index in [0.29, 0.717) is 0 Å². The van der Waals surface area contributed by atoms with Crippen LogP contribution in [-0.2, 0) is 25.9 Å². The van der Waals surface area contributed by atoms with E-state index in [-0.39, 0.29) is 17.0 Å². The highest BCUT2D eigenvalue weighted by Crippen LogP contribution is 2.46. The number of amides is 1. The molecule has 4 rings (SSSR count). The largest absolute Gasteiger partial charge is 0.483 e. The first-order chi connectivity index (χ1) is 18.9. The second-order valence-corrected chi connectivity index (χ2v) is 9.68. The third kappa shape index (κ3) is 6.17. The Bertz CT molecular complexity index is 1480. The van der Waals surface area contributed by atoms with Crippen molar-refractivity contribution in [3.63, 3.8) is 0 Å². The first kappa shape index (κ1) is 28.4. The maximum Gasteiger partial charge on any atom is 0.416 e. The zero-order chi connectivity index (χ0) is 29.1. The van der Waals surface area contributed by atoms with E-state index in [2.05, 4.69) is 5.32 Å². The lowest BCUT2D eigenvalue weighted by Gasteiger charge is -2.23. The van der Waals surface area contributed by atoms with E-state index in [9.17, 15) is 27.6 Å². The van der Waals surface area contributed by atoms with Crippen LogP contribution in [-0.4, -0.2) is 37.9 Å². The van der Waals surface area contributed by atoms with Crippen LogP contribution in [0, 0.1) is 0 Å². The first-order valence-corrected chi connectivity index (χ1v) is 12.3. The number of anilines is 2. The van der Waals surface area contributed by atoms with Gasteiger partial charge in [-0.15, -0.1) is 0 Å². The Morgan fingerprint density at radius 2 is 1.65 bits per heavy atom. The minimum atomic E-state index is -4.55. The Labute approximate surface area is 229 Å². The molecule has 0 radical (unpaired) electrons. The van der Waals surface area contributed by atoms with E-state index in [0.717, 1.165) is 29.1 Å². The van der Waals surface area contributed by atoms with Crippen LogP contribution in [0.3, 0.4) is 0 Å². The van der Waals surface area contributed by atoms with E-state index >= 15 is 0 Å². The standard InChI is InChI=1S/C30H27F3N2O5/c1-29(2)23-12-5-6-13-24(23)35(3)26(29)16-21(36)17-40-28(38)22-11-4-7-14-25(22)39-18-27(37)34-20-10-8-9-19(15-20)30(31,32)33/h4-16H,17-18H2,1-3H3,(H,34,37). The average Bonchev–Trinajstić information content (AvgIpc) is 3.11. The molecule has 1 N–H and O–H groups in total. The van der Waals surface area contributed by atoms with E-state index in [1.165, 1.54) is 30.3 Å². The number of carbonyl (C=O) groups is 3. The highest BCUT2D eigenvalue weighted by molar-refractivity contribution is 5.98. The predicted octanol–water partition coefficient (Wildman–Crippen LogP) is 5.76. The summed E-state index contributed by atoms with van der Waals surface area (Å²) in [6.07, 6.45) is -3.09. The van der Waals surface area contributed by atoms with Gasteiger partial charge < -0.3 is 19.7 Å². The highest BCUT2D eigenvalue weighted by atomic mass is 19.4. The number of carbonyl (C=O) groups excluding carboxylic acids is 3. The highest BCUT2D eigenvalue weighted by Gasteiger charge is 2.38. The van der Waals surface area contributed by atoms with Crippen LogP contribution in [0.25, 0.3) is 0 Å². The van der Waals surface area contributed by atoms with Crippen LogP contribution in [0.4, 0.5) is 24.5 Å². The Kier molecular flexibility index (Phi) is 7.99. The second-order valence-electron chi connectivity index (χ2n) is 9.68. The molecule has 0 atom stereocenters. The molecule has 10 heteroatoms. The smallest absolute Gasteiger partial charge is 0.416 e. The molecule has 7 nitrogen and oxygen atoms in total. The molecular weight excluding hydrogens is 525 g/mol. The molecule has 3 aromatic carbocycles. The van der Waals surface area contributed by atoms with Crippen LogP contribution in [0.2, 0.25) is 0 Å². The van der Waals surface area contributed by atoms with Gasteiger partial charge in [0.1, 0.15) is 11.3 Å². The lowest BCUT2D eigenvalue weighted by Crippen LogP contribution is -2.25. The van der Waals surface area contributed by atoms with Crippen LogP contribution < -0.4 is 15.0 Å². The number of hydrogen-bond donors (Lipinski definition) is 1. The number of hydrogen-bond acceptors (Lipinski definition) is 6. The molecule has 40 heavy (non-hydrogen) atoms. The Hall–Kier alpha value is -4.60. The van der Waals surface area contributed by atoms with Crippen LogP contribution in [0.1, 0.15) is 35.3 Å². The summed E-state index contributed by atoms with van der Waals surface area (Å²) in [6.45, 7) is 2.94. The fourth-order valence-corrected chi connectivity index (χ4v) is 4.54. The molecule has 0 saturated carbocycles. The molecule has 0 aromatic heterocycles. The van der Waals surface area contributed by atoms with Crippen molar-refractivity contribution in [1.29, 1.82) is 0 Å². The van der Waals surface area contributed by atoms with Crippen LogP contribution in [0.15, 0.2) is 84.6 Å². The molecule has 1 amide bonds. The molecule has 0 spiro atoms. The topological polar surface area (TPSA) is 84.9 Å². The number of likely N-dealkylation sites (N-methyl/N-ethyl adjacent to an activating group) is 1. The summed E-state index contributed by atoms with van der Waals surface area (Å²) in [4.78, 5) is 39.7. The number of nitrogens with zero attached hydrogens (tertiary/aromatic N) is 1. The Morgan fingerprint density at radius 3 is 2.38 bits per heavy atom. The van der Waals surface area contributed by atoms with Gasteiger partial charge in [-0.05, 0) is 42.0 Å². The quantitative estimate of drug-likeness (QED) is 0.283. The molecule has 0 bridgehead atoms. The van der Waals surface area contributed by atoms with Gasteiger partial charge in [0.2, 0.25) is 0 Å². The first-order valence-electron chi connectivity index (χ1n) is 12.3. The summed E-state index contributed by atoms with van der Waals surface area (Å²) in [5.74, 6) is -1.95. The minimum absolute atomic E-state index is 0.0134. The molecule has 208 valence electrons. The summed E-state index contributed by atoms with van der Waals surface area (Å²) in [5, 5.41) is 2.33. The van der Waals surface area contributed by atoms with E-state index in [4.69, 9.17) is 9.47 Å². The van der Waals surface area contributed by atoms with Gasteiger partial charge in [0.15, 0.2) is 19.0 Å². The maximum atomic E-state index is 12.9. The second kappa shape index (κ2) is 11.3. The molecule has 3 aromatic rings. The van der Waals surface area contributed by atoms with Gasteiger partial charge in [-0.1, -0.05) is 50.2 Å². The summed E-state index contributed by atoms with van der Waals surface area (Å²) < 4.78 is 49.4. The number of rotatable bonds is 8. The Morgan fingerprint density at radius 1 is 0.950 bits per heavy atom. The molecule has 0 fully saturated rings. The minimum Gasteiger partial charge on any atom is -0.483 e. The van der Waals surface area contributed by atoms with E-state index in [1.54, 1.807) is 12.1 Å². The summed E-state index contributed by atoms with van der Waals surface area (Å²) in [7, 11) is 1.87. The van der Waals surface area contributed by atoms with Crippen molar-refractivity contribution < 1.29 is 37.0 Å². The SMILES string of the molecule is CN1C(=CC(=O)COC(=O)c2ccccc2OCC(=O)Nc2cccc(C(F)(F)F)c2)C(C)(C)c2ccccc21. The van der Waals surface area contributed by atoms with Gasteiger partial charge in [-0.3, -0.25) is 9.59 Å². The maximum absolute atomic E-state index is 12.9. The Balaban J connectivity index is 1.36. The lowest BCUT2D eigenvalue weighted by atomic mass is 9.83. The number of fused-ring (bicyclic) bond motifs is 1. The van der Waals surface area contributed by atoms with E-state index in [1.807, 2.05) is 50.1 Å². The number of halogens is 3. The van der Waals surface area contributed by atoms with Crippen molar-refractivity contribution in [3.05, 3.63) is 101 Å². The van der Waals surface area contributed by atoms with Crippen molar-refractivity contribution in [2.45, 2.75) is 25.4 Å². The number of nitrogens with one attached hydrogen (secondary N) is 1.